The molecule has 304 valence electrons. The maximum atomic E-state index is 14.6. The van der Waals surface area contributed by atoms with Crippen LogP contribution in [0.25, 0.3) is 11.5 Å². The third kappa shape index (κ3) is 12.6. The topological polar surface area (TPSA) is 160 Å². The molecule has 1 N–H and O–H groups in total. The molecule has 0 saturated heterocycles. The molecule has 1 heterocycles. The zero-order chi connectivity index (χ0) is 42.2. The fourth-order valence-corrected chi connectivity index (χ4v) is 7.05. The molecule has 0 radical (unpaired) electrons. The molecule has 1 amide bonds. The van der Waals surface area contributed by atoms with E-state index in [-0.39, 0.29) is 41.2 Å². The molecule has 0 fully saturated rings. The number of Topliss-reactive ketones (excluding diaryl/α,β-unsaturated/α-hetero) is 1. The second kappa shape index (κ2) is 19.1. The number of hydrogen-bond acceptors (Lipinski definition) is 9. The minimum atomic E-state index is -3.73. The smallest absolute Gasteiger partial charge is 0.315 e. The molecule has 12 nitrogen and oxygen atoms in total. The number of benzene rings is 4. The summed E-state index contributed by atoms with van der Waals surface area (Å²) in [5.41, 5.74) is 0.750. The molecule has 0 aliphatic heterocycles. The second-order valence-electron chi connectivity index (χ2n) is 11.8. The summed E-state index contributed by atoms with van der Waals surface area (Å²) in [5, 5.41) is 8.39. The van der Waals surface area contributed by atoms with Crippen molar-refractivity contribution in [3.8, 4) is 11.5 Å². The van der Waals surface area contributed by atoms with Crippen LogP contribution in [0.4, 0.5) is 37.7 Å². The van der Waals surface area contributed by atoms with E-state index >= 15 is 0 Å². The molecule has 0 aliphatic carbocycles. The summed E-state index contributed by atoms with van der Waals surface area (Å²) in [5.74, 6) is -5.07. The standard InChI is InChI=1S/C18H16BrF3N2O4S.C17H13BrF3N3O3S/c1-29(27,28)24(14-6-4-13(19)5-7-14)10-12-3-2-11(8-15(12)20)16(25)9-23-18(26)17(21)22;1-28(25,26)24(13-6-4-12(18)5-7-13)9-11-3-2-10(8-14(11)19)16-22-23-17(27-16)15(20)21/h2-8,17H,9-10H2,1H3,(H,23,26);2-8,15H,9H2,1H3. The highest BCUT2D eigenvalue weighted by Crippen LogP contribution is 2.28. The number of carbonyl (C=O) groups is 2. The van der Waals surface area contributed by atoms with Crippen LogP contribution in [-0.4, -0.2) is 64.2 Å². The second-order valence-corrected chi connectivity index (χ2v) is 17.4. The van der Waals surface area contributed by atoms with E-state index in [1.54, 1.807) is 53.8 Å². The molecule has 0 aliphatic rings. The molecule has 0 unspecified atom stereocenters. The van der Waals surface area contributed by atoms with Gasteiger partial charge in [0, 0.05) is 31.2 Å². The van der Waals surface area contributed by atoms with Crippen LogP contribution < -0.4 is 13.9 Å². The van der Waals surface area contributed by atoms with Gasteiger partial charge in [0.2, 0.25) is 25.9 Å². The highest BCUT2D eigenvalue weighted by atomic mass is 79.9. The predicted molar refractivity (Wildman–Crippen MR) is 205 cm³/mol. The van der Waals surface area contributed by atoms with Crippen LogP contribution in [0.5, 0.6) is 0 Å². The van der Waals surface area contributed by atoms with Gasteiger partial charge in [-0.3, -0.25) is 18.2 Å². The fourth-order valence-electron chi connectivity index (χ4n) is 4.77. The summed E-state index contributed by atoms with van der Waals surface area (Å²) in [6, 6.07) is 20.0. The van der Waals surface area contributed by atoms with Crippen molar-refractivity contribution in [2.75, 3.05) is 27.7 Å². The van der Waals surface area contributed by atoms with Crippen LogP contribution in [0, 0.1) is 11.6 Å². The molecule has 22 heteroatoms. The zero-order valence-corrected chi connectivity index (χ0v) is 34.2. The molecule has 0 bridgehead atoms. The van der Waals surface area contributed by atoms with E-state index in [1.165, 1.54) is 24.3 Å². The van der Waals surface area contributed by atoms with Crippen LogP contribution in [0.3, 0.4) is 0 Å². The minimum Gasteiger partial charge on any atom is -0.415 e. The lowest BCUT2D eigenvalue weighted by atomic mass is 10.1. The van der Waals surface area contributed by atoms with E-state index < -0.39 is 68.7 Å². The van der Waals surface area contributed by atoms with Gasteiger partial charge in [-0.05, 0) is 66.7 Å². The number of ketones is 1. The van der Waals surface area contributed by atoms with E-state index in [4.69, 9.17) is 4.42 Å². The molecular weight excluding hydrogens is 940 g/mol. The van der Waals surface area contributed by atoms with Crippen molar-refractivity contribution in [2.24, 2.45) is 0 Å². The maximum absolute atomic E-state index is 14.6. The molecule has 4 aromatic carbocycles. The van der Waals surface area contributed by atoms with Crippen molar-refractivity contribution >= 4 is 75.0 Å². The number of amides is 1. The van der Waals surface area contributed by atoms with Crippen molar-refractivity contribution in [3.05, 3.63) is 128 Å². The zero-order valence-electron chi connectivity index (χ0n) is 29.3. The monoisotopic (exact) mass is 967 g/mol. The van der Waals surface area contributed by atoms with E-state index in [1.807, 2.05) is 0 Å². The quantitative estimate of drug-likeness (QED) is 0.0871. The Hall–Kier alpha value is -4.80. The van der Waals surface area contributed by atoms with Crippen LogP contribution in [-0.2, 0) is 37.9 Å². The van der Waals surface area contributed by atoms with Crippen LogP contribution in [0.1, 0.15) is 33.8 Å². The number of hydrogen-bond donors (Lipinski definition) is 1. The van der Waals surface area contributed by atoms with Crippen molar-refractivity contribution < 1.29 is 57.2 Å². The maximum Gasteiger partial charge on any atom is 0.315 e. The summed E-state index contributed by atoms with van der Waals surface area (Å²) in [6.45, 7) is -1.28. The van der Waals surface area contributed by atoms with Crippen molar-refractivity contribution in [1.29, 1.82) is 0 Å². The van der Waals surface area contributed by atoms with Gasteiger partial charge in [0.05, 0.1) is 43.5 Å². The van der Waals surface area contributed by atoms with Crippen LogP contribution in [0.2, 0.25) is 0 Å². The highest BCUT2D eigenvalue weighted by molar-refractivity contribution is 9.10. The predicted octanol–water partition coefficient (Wildman–Crippen LogP) is 7.66. The fraction of sp³-hybridized carbons (Fsp3) is 0.200. The summed E-state index contributed by atoms with van der Waals surface area (Å²) < 4.78 is 135. The lowest BCUT2D eigenvalue weighted by Gasteiger charge is -2.23. The third-order valence-electron chi connectivity index (χ3n) is 7.58. The average Bonchev–Trinajstić information content (AvgIpc) is 3.64. The van der Waals surface area contributed by atoms with Crippen LogP contribution in [0.15, 0.2) is 98.3 Å². The number of sulfonamides is 2. The number of halogens is 8. The third-order valence-corrected chi connectivity index (χ3v) is 10.9. The van der Waals surface area contributed by atoms with E-state index in [0.717, 1.165) is 42.2 Å². The van der Waals surface area contributed by atoms with E-state index in [2.05, 4.69) is 42.1 Å². The lowest BCUT2D eigenvalue weighted by molar-refractivity contribution is -0.131. The Morgan fingerprint density at radius 1 is 0.719 bits per heavy atom. The first-order valence-electron chi connectivity index (χ1n) is 15.9. The first-order chi connectivity index (χ1) is 26.6. The number of aromatic nitrogens is 2. The van der Waals surface area contributed by atoms with Crippen molar-refractivity contribution in [2.45, 2.75) is 25.9 Å². The normalized spacial score (nSPS) is 11.6. The Morgan fingerprint density at radius 3 is 1.60 bits per heavy atom. The molecular formula is C35H29Br2F6N5O7S2. The van der Waals surface area contributed by atoms with Gasteiger partial charge in [-0.25, -0.2) is 25.6 Å². The largest absolute Gasteiger partial charge is 0.415 e. The molecule has 5 rings (SSSR count). The summed E-state index contributed by atoms with van der Waals surface area (Å²) in [4.78, 5) is 22.8. The number of carbonyl (C=O) groups excluding carboxylic acids is 2. The molecule has 57 heavy (non-hydrogen) atoms. The van der Waals surface area contributed by atoms with Crippen molar-refractivity contribution in [3.63, 3.8) is 0 Å². The van der Waals surface area contributed by atoms with Crippen LogP contribution >= 0.6 is 31.9 Å². The van der Waals surface area contributed by atoms with E-state index in [9.17, 15) is 52.8 Å². The summed E-state index contributed by atoms with van der Waals surface area (Å²) >= 11 is 6.52. The lowest BCUT2D eigenvalue weighted by Crippen LogP contribution is -2.34. The van der Waals surface area contributed by atoms with Gasteiger partial charge in [-0.2, -0.15) is 17.6 Å². The highest BCUT2D eigenvalue weighted by Gasteiger charge is 2.23. The van der Waals surface area contributed by atoms with Gasteiger partial charge in [-0.15, -0.1) is 10.2 Å². The Balaban J connectivity index is 0.000000253. The number of rotatable bonds is 14. The number of nitrogens with zero attached hydrogens (tertiary/aromatic N) is 4. The minimum absolute atomic E-state index is 0.00603. The average molecular weight is 970 g/mol. The Labute approximate surface area is 339 Å². The Morgan fingerprint density at radius 2 is 1.19 bits per heavy atom. The Kier molecular flexibility index (Phi) is 15.0. The van der Waals surface area contributed by atoms with Crippen molar-refractivity contribution in [1.82, 2.24) is 15.5 Å². The Bertz CT molecular complexity index is 2440. The molecule has 1 aromatic heterocycles. The summed E-state index contributed by atoms with van der Waals surface area (Å²) in [6.07, 6.45) is -4.19. The van der Waals surface area contributed by atoms with Gasteiger partial charge < -0.3 is 9.73 Å². The van der Waals surface area contributed by atoms with Gasteiger partial charge in [-0.1, -0.05) is 50.1 Å². The summed E-state index contributed by atoms with van der Waals surface area (Å²) in [7, 11) is -7.42. The first kappa shape index (κ1) is 44.9. The SMILES string of the molecule is CS(=O)(=O)N(Cc1ccc(-c2nnc(C(F)F)o2)cc1F)c1ccc(Br)cc1.CS(=O)(=O)N(Cc1ccc(C(=O)CNC(=O)C(F)F)cc1F)c1ccc(Br)cc1. The molecule has 5 aromatic rings. The number of anilines is 2. The van der Waals surface area contributed by atoms with Gasteiger partial charge in [0.25, 0.3) is 11.8 Å². The first-order valence-corrected chi connectivity index (χ1v) is 21.2. The molecule has 0 spiro atoms. The van der Waals surface area contributed by atoms with Gasteiger partial charge in [0.15, 0.2) is 5.78 Å². The van der Waals surface area contributed by atoms with E-state index in [0.29, 0.717) is 11.4 Å². The molecule has 0 atom stereocenters. The number of nitrogens with one attached hydrogen (secondary N) is 1. The number of alkyl halides is 4. The van der Waals surface area contributed by atoms with Gasteiger partial charge >= 0.3 is 12.9 Å². The van der Waals surface area contributed by atoms with Gasteiger partial charge in [0.1, 0.15) is 11.6 Å². The molecule has 0 saturated carbocycles.